The minimum atomic E-state index is 0.0626. The van der Waals surface area contributed by atoms with Crippen molar-refractivity contribution in [3.05, 3.63) is 66.4 Å². The molecule has 1 aliphatic heterocycles. The van der Waals surface area contributed by atoms with Crippen molar-refractivity contribution in [2.24, 2.45) is 0 Å². The van der Waals surface area contributed by atoms with Crippen molar-refractivity contribution < 1.29 is 4.79 Å². The second kappa shape index (κ2) is 7.05. The molecule has 0 spiro atoms. The first-order chi connectivity index (χ1) is 13.8. The number of hydrogen-bond donors (Lipinski definition) is 0. The highest BCUT2D eigenvalue weighted by Crippen LogP contribution is 2.28. The summed E-state index contributed by atoms with van der Waals surface area (Å²) >= 11 is 1.35. The number of para-hydroxylation sites is 1. The molecule has 28 heavy (non-hydrogen) atoms. The third kappa shape index (κ3) is 3.01. The van der Waals surface area contributed by atoms with Gasteiger partial charge in [0.15, 0.2) is 5.65 Å². The van der Waals surface area contributed by atoms with Crippen LogP contribution in [0.1, 0.15) is 5.56 Å². The molecule has 1 aromatic carbocycles. The lowest BCUT2D eigenvalue weighted by Gasteiger charge is -2.16. The van der Waals surface area contributed by atoms with Gasteiger partial charge in [-0.1, -0.05) is 36.0 Å². The van der Waals surface area contributed by atoms with Crippen molar-refractivity contribution in [2.45, 2.75) is 11.6 Å². The smallest absolute Gasteiger partial charge is 0.237 e. The molecule has 8 heteroatoms. The SMILES string of the molecule is O=C(CSc1nnc2ccc(-c3ccccn3)nn12)N1CCc2ccccc21. The third-order valence-electron chi connectivity index (χ3n) is 4.67. The van der Waals surface area contributed by atoms with E-state index in [2.05, 4.69) is 26.3 Å². The van der Waals surface area contributed by atoms with Gasteiger partial charge >= 0.3 is 0 Å². The van der Waals surface area contributed by atoms with Gasteiger partial charge in [-0.05, 0) is 42.3 Å². The van der Waals surface area contributed by atoms with Gasteiger partial charge in [-0.2, -0.15) is 9.61 Å². The Morgan fingerprint density at radius 2 is 1.89 bits per heavy atom. The number of pyridine rings is 1. The zero-order valence-electron chi connectivity index (χ0n) is 14.9. The first-order valence-corrected chi connectivity index (χ1v) is 9.93. The number of amides is 1. The average molecular weight is 388 g/mol. The summed E-state index contributed by atoms with van der Waals surface area (Å²) in [6.07, 6.45) is 2.63. The number of thioether (sulfide) groups is 1. The Labute approximate surface area is 165 Å². The molecule has 0 saturated carbocycles. The van der Waals surface area contributed by atoms with E-state index in [0.29, 0.717) is 10.8 Å². The number of nitrogens with zero attached hydrogens (tertiary/aromatic N) is 6. The van der Waals surface area contributed by atoms with Crippen LogP contribution >= 0.6 is 11.8 Å². The number of anilines is 1. The normalized spacial score (nSPS) is 13.1. The number of benzene rings is 1. The standard InChI is InChI=1S/C20H16N6OS/c27-19(25-12-10-14-5-1-2-7-17(14)25)13-28-20-23-22-18-9-8-16(24-26(18)20)15-6-3-4-11-21-15/h1-9,11H,10,12-13H2. The lowest BCUT2D eigenvalue weighted by Crippen LogP contribution is -2.30. The molecule has 0 unspecified atom stereocenters. The lowest BCUT2D eigenvalue weighted by molar-refractivity contribution is -0.116. The largest absolute Gasteiger partial charge is 0.311 e. The van der Waals surface area contributed by atoms with Crippen molar-refractivity contribution in [1.29, 1.82) is 0 Å². The zero-order chi connectivity index (χ0) is 18.9. The molecular weight excluding hydrogens is 372 g/mol. The Morgan fingerprint density at radius 3 is 2.79 bits per heavy atom. The number of fused-ring (bicyclic) bond motifs is 2. The fraction of sp³-hybridized carbons (Fsp3) is 0.150. The predicted molar refractivity (Wildman–Crippen MR) is 107 cm³/mol. The molecular formula is C20H16N6OS. The fourth-order valence-electron chi connectivity index (χ4n) is 3.31. The van der Waals surface area contributed by atoms with Crippen LogP contribution in [-0.2, 0) is 11.2 Å². The number of rotatable bonds is 4. The summed E-state index contributed by atoms with van der Waals surface area (Å²) < 4.78 is 1.67. The number of carbonyl (C=O) groups excluding carboxylic acids is 1. The molecule has 138 valence electrons. The Morgan fingerprint density at radius 1 is 1.00 bits per heavy atom. The molecule has 0 aliphatic carbocycles. The highest BCUT2D eigenvalue weighted by molar-refractivity contribution is 7.99. The molecule has 4 aromatic rings. The summed E-state index contributed by atoms with van der Waals surface area (Å²) in [6.45, 7) is 0.724. The second-order valence-corrected chi connectivity index (χ2v) is 7.34. The maximum absolute atomic E-state index is 12.7. The minimum absolute atomic E-state index is 0.0626. The lowest BCUT2D eigenvalue weighted by atomic mass is 10.2. The molecule has 0 fully saturated rings. The third-order valence-corrected chi connectivity index (χ3v) is 5.58. The van der Waals surface area contributed by atoms with Gasteiger partial charge in [0.05, 0.1) is 11.4 Å². The molecule has 0 bridgehead atoms. The van der Waals surface area contributed by atoms with Gasteiger partial charge in [0.1, 0.15) is 5.69 Å². The van der Waals surface area contributed by atoms with E-state index in [4.69, 9.17) is 0 Å². The van der Waals surface area contributed by atoms with E-state index in [1.807, 2.05) is 53.4 Å². The van der Waals surface area contributed by atoms with E-state index in [0.717, 1.165) is 30.0 Å². The number of carbonyl (C=O) groups is 1. The first-order valence-electron chi connectivity index (χ1n) is 8.94. The number of aromatic nitrogens is 5. The highest BCUT2D eigenvalue weighted by Gasteiger charge is 2.24. The van der Waals surface area contributed by atoms with Crippen LogP contribution < -0.4 is 4.90 Å². The summed E-state index contributed by atoms with van der Waals surface area (Å²) in [5, 5.41) is 13.5. The quantitative estimate of drug-likeness (QED) is 0.501. The summed E-state index contributed by atoms with van der Waals surface area (Å²) in [4.78, 5) is 18.9. The van der Waals surface area contributed by atoms with Crippen LogP contribution in [0.5, 0.6) is 0 Å². The molecule has 4 heterocycles. The Bertz CT molecular complexity index is 1160. The van der Waals surface area contributed by atoms with E-state index in [-0.39, 0.29) is 11.7 Å². The maximum Gasteiger partial charge on any atom is 0.237 e. The van der Waals surface area contributed by atoms with E-state index in [1.54, 1.807) is 10.7 Å². The van der Waals surface area contributed by atoms with E-state index >= 15 is 0 Å². The van der Waals surface area contributed by atoms with Gasteiger partial charge in [0.25, 0.3) is 0 Å². The van der Waals surface area contributed by atoms with Crippen molar-refractivity contribution >= 4 is 29.0 Å². The van der Waals surface area contributed by atoms with Crippen LogP contribution in [0.2, 0.25) is 0 Å². The predicted octanol–water partition coefficient (Wildman–Crippen LogP) is 2.87. The fourth-order valence-corrected chi connectivity index (χ4v) is 4.08. The Balaban J connectivity index is 1.36. The summed E-state index contributed by atoms with van der Waals surface area (Å²) in [5.41, 5.74) is 4.37. The van der Waals surface area contributed by atoms with Crippen LogP contribution in [0, 0.1) is 0 Å². The average Bonchev–Trinajstić information content (AvgIpc) is 3.36. The van der Waals surface area contributed by atoms with Crippen LogP contribution in [-0.4, -0.2) is 43.0 Å². The molecule has 1 amide bonds. The zero-order valence-corrected chi connectivity index (χ0v) is 15.7. The molecule has 1 aliphatic rings. The Hall–Kier alpha value is -3.26. The van der Waals surface area contributed by atoms with Gasteiger partial charge < -0.3 is 4.90 Å². The van der Waals surface area contributed by atoms with Gasteiger partial charge in [-0.15, -0.1) is 10.2 Å². The molecule has 5 rings (SSSR count). The van der Waals surface area contributed by atoms with E-state index < -0.39 is 0 Å². The van der Waals surface area contributed by atoms with Crippen LogP contribution in [0.25, 0.3) is 17.0 Å². The summed E-state index contributed by atoms with van der Waals surface area (Å²) in [6, 6.07) is 17.5. The Kier molecular flexibility index (Phi) is 4.25. The van der Waals surface area contributed by atoms with Crippen molar-refractivity contribution in [2.75, 3.05) is 17.2 Å². The van der Waals surface area contributed by atoms with E-state index in [9.17, 15) is 4.79 Å². The second-order valence-electron chi connectivity index (χ2n) is 6.40. The molecule has 0 radical (unpaired) electrons. The van der Waals surface area contributed by atoms with Crippen molar-refractivity contribution in [3.63, 3.8) is 0 Å². The monoisotopic (exact) mass is 388 g/mol. The molecule has 0 atom stereocenters. The van der Waals surface area contributed by atoms with Crippen LogP contribution in [0.4, 0.5) is 5.69 Å². The number of hydrogen-bond acceptors (Lipinski definition) is 6. The van der Waals surface area contributed by atoms with Crippen LogP contribution in [0.3, 0.4) is 0 Å². The highest BCUT2D eigenvalue weighted by atomic mass is 32.2. The first kappa shape index (κ1) is 16.9. The van der Waals surface area contributed by atoms with Gasteiger partial charge in [-0.3, -0.25) is 9.78 Å². The van der Waals surface area contributed by atoms with Gasteiger partial charge in [-0.25, -0.2) is 0 Å². The van der Waals surface area contributed by atoms with Crippen molar-refractivity contribution in [1.82, 2.24) is 24.8 Å². The topological polar surface area (TPSA) is 76.3 Å². The van der Waals surface area contributed by atoms with Crippen LogP contribution in [0.15, 0.2) is 66.0 Å². The molecule has 7 nitrogen and oxygen atoms in total. The molecule has 0 saturated heterocycles. The van der Waals surface area contributed by atoms with Gasteiger partial charge in [0.2, 0.25) is 11.1 Å². The minimum Gasteiger partial charge on any atom is -0.311 e. The van der Waals surface area contributed by atoms with Gasteiger partial charge in [0, 0.05) is 18.4 Å². The summed E-state index contributed by atoms with van der Waals surface area (Å²) in [5.74, 6) is 0.345. The molecule has 0 N–H and O–H groups in total. The van der Waals surface area contributed by atoms with Crippen molar-refractivity contribution in [3.8, 4) is 11.4 Å². The maximum atomic E-state index is 12.7. The molecule has 3 aromatic heterocycles. The summed E-state index contributed by atoms with van der Waals surface area (Å²) in [7, 11) is 0. The van der Waals surface area contributed by atoms with E-state index in [1.165, 1.54) is 17.3 Å².